The summed E-state index contributed by atoms with van der Waals surface area (Å²) in [7, 11) is 0. The van der Waals surface area contributed by atoms with E-state index in [1.54, 1.807) is 0 Å². The number of hydrogen-bond donors (Lipinski definition) is 1. The van der Waals surface area contributed by atoms with Crippen molar-refractivity contribution in [3.63, 3.8) is 0 Å². The second-order valence-corrected chi connectivity index (χ2v) is 0. The molecule has 0 aliphatic carbocycles. The first-order valence-electron chi connectivity index (χ1n) is 0. The SMILES string of the molecule is N.[Cr].[Fe].[KH]. The Kier molecular flexibility index (Phi) is 132. The van der Waals surface area contributed by atoms with Crippen molar-refractivity contribution in [2.45, 2.75) is 0 Å². The molecular formula is H4CrFeKN. The van der Waals surface area contributed by atoms with Crippen LogP contribution in [0.15, 0.2) is 0 Å². The second kappa shape index (κ2) is 17.4. The van der Waals surface area contributed by atoms with Gasteiger partial charge in [0, 0.05) is 34.4 Å². The molecule has 0 spiro atoms. The average Bonchev–Trinajstić information content (AvgIpc) is 0. The summed E-state index contributed by atoms with van der Waals surface area (Å²) in [5.41, 5.74) is 0. The molecule has 3 N–H and O–H groups in total. The Balaban J connectivity index is 0. The van der Waals surface area contributed by atoms with Gasteiger partial charge in [0.15, 0.2) is 0 Å². The van der Waals surface area contributed by atoms with Crippen molar-refractivity contribution in [3.05, 3.63) is 0 Å². The van der Waals surface area contributed by atoms with Crippen LogP contribution in [-0.2, 0) is 34.4 Å². The molecule has 0 saturated carbocycles. The van der Waals surface area contributed by atoms with Gasteiger partial charge in [0.2, 0.25) is 0 Å². The van der Waals surface area contributed by atoms with E-state index in [0.717, 1.165) is 0 Å². The van der Waals surface area contributed by atoms with Gasteiger partial charge in [-0.25, -0.2) is 0 Å². The Hall–Kier alpha value is 2.65. The molecule has 0 aromatic rings. The van der Waals surface area contributed by atoms with E-state index < -0.39 is 0 Å². The summed E-state index contributed by atoms with van der Waals surface area (Å²) in [6.45, 7) is 0. The number of rotatable bonds is 0. The third kappa shape index (κ3) is 8.82. The Morgan fingerprint density at radius 1 is 1.00 bits per heavy atom. The molecule has 0 atom stereocenters. The van der Waals surface area contributed by atoms with Crippen LogP contribution >= 0.6 is 0 Å². The molecule has 4 heteroatoms. The van der Waals surface area contributed by atoms with Gasteiger partial charge in [-0.15, -0.1) is 0 Å². The van der Waals surface area contributed by atoms with Crippen molar-refractivity contribution >= 4 is 51.4 Å². The molecule has 0 aromatic carbocycles. The van der Waals surface area contributed by atoms with Gasteiger partial charge in [0.05, 0.1) is 0 Å². The summed E-state index contributed by atoms with van der Waals surface area (Å²) < 4.78 is 0. The van der Waals surface area contributed by atoms with Gasteiger partial charge in [-0.1, -0.05) is 0 Å². The summed E-state index contributed by atoms with van der Waals surface area (Å²) >= 11 is 0. The van der Waals surface area contributed by atoms with Crippen LogP contribution in [0.2, 0.25) is 0 Å². The fourth-order valence-corrected chi connectivity index (χ4v) is 0. The van der Waals surface area contributed by atoms with Crippen LogP contribution in [0.25, 0.3) is 0 Å². The van der Waals surface area contributed by atoms with E-state index in [0.29, 0.717) is 0 Å². The molecule has 1 nitrogen and oxygen atoms in total. The zero-order chi connectivity index (χ0) is 0. The summed E-state index contributed by atoms with van der Waals surface area (Å²) in [5.74, 6) is 0. The molecule has 0 unspecified atom stereocenters. The minimum atomic E-state index is 0. The topological polar surface area (TPSA) is 35.0 Å². The molecule has 0 radical (unpaired) electrons. The first-order chi connectivity index (χ1) is 0. The normalized spacial score (nSPS) is 0. The average molecular weight is 165 g/mol. The standard InChI is InChI=1S/Cr.Fe.K.H3N.H/h;;;1H3;. The zero-order valence-corrected chi connectivity index (χ0v) is 3.85. The third-order valence-electron chi connectivity index (χ3n) is 0. The first kappa shape index (κ1) is 30.2. The fourth-order valence-electron chi connectivity index (χ4n) is 0. The molecule has 0 aromatic heterocycles. The Bertz CT molecular complexity index is 8.00. The van der Waals surface area contributed by atoms with Crippen molar-refractivity contribution in [3.8, 4) is 0 Å². The third-order valence-corrected chi connectivity index (χ3v) is 0. The summed E-state index contributed by atoms with van der Waals surface area (Å²) in [5, 5.41) is 0. The maximum atomic E-state index is 0. The van der Waals surface area contributed by atoms with Gasteiger partial charge in [0.25, 0.3) is 0 Å². The molecule has 0 heterocycles. The molecule has 4 heavy (non-hydrogen) atoms. The van der Waals surface area contributed by atoms with Crippen molar-refractivity contribution < 1.29 is 34.4 Å². The van der Waals surface area contributed by atoms with E-state index in [9.17, 15) is 0 Å². The van der Waals surface area contributed by atoms with E-state index in [2.05, 4.69) is 0 Å². The van der Waals surface area contributed by atoms with Crippen molar-refractivity contribution in [2.75, 3.05) is 0 Å². The van der Waals surface area contributed by atoms with Crippen molar-refractivity contribution in [2.24, 2.45) is 0 Å². The van der Waals surface area contributed by atoms with Gasteiger partial charge in [-0.05, 0) is 0 Å². The molecular weight excluding hydrogens is 161 g/mol. The Morgan fingerprint density at radius 3 is 1.00 bits per heavy atom. The predicted octanol–water partition coefficient (Wildman–Crippen LogP) is -0.492. The minimum absolute atomic E-state index is 0. The van der Waals surface area contributed by atoms with E-state index in [-0.39, 0.29) is 92.0 Å². The molecule has 0 aliphatic heterocycles. The Morgan fingerprint density at radius 2 is 1.00 bits per heavy atom. The molecule has 0 saturated heterocycles. The predicted molar refractivity (Wildman–Crippen MR) is 12.2 cm³/mol. The van der Waals surface area contributed by atoms with Gasteiger partial charge in [0.1, 0.15) is 0 Å². The van der Waals surface area contributed by atoms with Gasteiger partial charge in [-0.2, -0.15) is 0 Å². The monoisotopic (exact) mass is 165 g/mol. The zero-order valence-electron chi connectivity index (χ0n) is 1.47. The van der Waals surface area contributed by atoms with Gasteiger partial charge >= 0.3 is 51.4 Å². The van der Waals surface area contributed by atoms with Crippen molar-refractivity contribution in [1.82, 2.24) is 6.15 Å². The van der Waals surface area contributed by atoms with E-state index in [1.807, 2.05) is 0 Å². The van der Waals surface area contributed by atoms with Crippen LogP contribution in [0.5, 0.6) is 0 Å². The van der Waals surface area contributed by atoms with Gasteiger partial charge in [-0.3, -0.25) is 0 Å². The van der Waals surface area contributed by atoms with Crippen LogP contribution in [-0.4, -0.2) is 51.4 Å². The molecule has 0 amide bonds. The summed E-state index contributed by atoms with van der Waals surface area (Å²) in [4.78, 5) is 0. The summed E-state index contributed by atoms with van der Waals surface area (Å²) in [6.07, 6.45) is 0. The molecule has 0 fully saturated rings. The van der Waals surface area contributed by atoms with Crippen LogP contribution in [0.4, 0.5) is 0 Å². The quantitative estimate of drug-likeness (QED) is 0.483. The molecule has 0 rings (SSSR count). The van der Waals surface area contributed by atoms with Crippen LogP contribution < -0.4 is 6.15 Å². The van der Waals surface area contributed by atoms with Crippen LogP contribution in [0.1, 0.15) is 0 Å². The summed E-state index contributed by atoms with van der Waals surface area (Å²) in [6, 6.07) is 0. The van der Waals surface area contributed by atoms with E-state index >= 15 is 0 Å². The number of hydrogen-bond acceptors (Lipinski definition) is 1. The maximum absolute atomic E-state index is 0. The van der Waals surface area contributed by atoms with E-state index in [1.165, 1.54) is 0 Å². The second-order valence-electron chi connectivity index (χ2n) is 0. The van der Waals surface area contributed by atoms with Crippen LogP contribution in [0.3, 0.4) is 0 Å². The molecule has 0 aliphatic rings. The molecule has 0 bridgehead atoms. The Labute approximate surface area is 89.9 Å². The van der Waals surface area contributed by atoms with Crippen LogP contribution in [0, 0.1) is 0 Å². The fraction of sp³-hybridized carbons (Fsp3) is 0. The van der Waals surface area contributed by atoms with E-state index in [4.69, 9.17) is 0 Å². The first-order valence-corrected chi connectivity index (χ1v) is 0. The van der Waals surface area contributed by atoms with Gasteiger partial charge < -0.3 is 6.15 Å². The van der Waals surface area contributed by atoms with Crippen molar-refractivity contribution in [1.29, 1.82) is 0 Å². The molecule has 24 valence electrons.